The second-order valence-electron chi connectivity index (χ2n) is 2.52. The largest absolute Gasteiger partial charge is 0.508 e. The fourth-order valence-corrected chi connectivity index (χ4v) is 0.886. The topological polar surface area (TPSA) is 20.2 Å². The molecule has 0 aliphatic rings. The smallest absolute Gasteiger partial charge is 0.115 e. The second-order valence-corrected chi connectivity index (χ2v) is 2.52. The van der Waals surface area contributed by atoms with Crippen LogP contribution in [0.1, 0.15) is 12.0 Å². The van der Waals surface area contributed by atoms with Crippen LogP contribution in [0, 0.1) is 0 Å². The van der Waals surface area contributed by atoms with Crippen LogP contribution in [0.25, 0.3) is 6.08 Å². The van der Waals surface area contributed by atoms with Gasteiger partial charge in [0, 0.05) is 0 Å². The first-order valence-corrected chi connectivity index (χ1v) is 3.89. The Morgan fingerprint density at radius 3 is 2.50 bits per heavy atom. The molecular weight excluding hydrogens is 148 g/mol. The summed E-state index contributed by atoms with van der Waals surface area (Å²) in [6.45, 7) is 3.61. The first kappa shape index (κ1) is 8.60. The lowest BCUT2D eigenvalue weighted by atomic mass is 10.2. The van der Waals surface area contributed by atoms with E-state index in [-0.39, 0.29) is 0 Å². The molecule has 0 saturated heterocycles. The average molecular weight is 160 g/mol. The van der Waals surface area contributed by atoms with Crippen LogP contribution in [0.3, 0.4) is 0 Å². The van der Waals surface area contributed by atoms with Gasteiger partial charge in [0.15, 0.2) is 0 Å². The Morgan fingerprint density at radius 1 is 1.25 bits per heavy atom. The molecule has 0 amide bonds. The molecule has 1 aromatic rings. The highest BCUT2D eigenvalue weighted by Crippen LogP contribution is 2.10. The Bertz CT molecular complexity index is 270. The van der Waals surface area contributed by atoms with Crippen LogP contribution in [0.5, 0.6) is 5.75 Å². The Hall–Kier alpha value is -1.50. The molecule has 62 valence electrons. The lowest BCUT2D eigenvalue weighted by Crippen LogP contribution is -1.69. The fraction of sp³-hybridized carbons (Fsp3) is 0.0909. The number of allylic oxidation sites excluding steroid dienone is 2. The summed E-state index contributed by atoms with van der Waals surface area (Å²) < 4.78 is 0. The molecule has 0 radical (unpaired) electrons. The zero-order valence-electron chi connectivity index (χ0n) is 6.90. The third-order valence-corrected chi connectivity index (χ3v) is 1.51. The molecule has 0 aliphatic carbocycles. The maximum Gasteiger partial charge on any atom is 0.115 e. The zero-order chi connectivity index (χ0) is 8.81. The highest BCUT2D eigenvalue weighted by molar-refractivity contribution is 5.50. The maximum atomic E-state index is 8.99. The molecule has 0 atom stereocenters. The van der Waals surface area contributed by atoms with Gasteiger partial charge in [0.25, 0.3) is 0 Å². The molecule has 0 unspecified atom stereocenters. The number of benzene rings is 1. The van der Waals surface area contributed by atoms with Gasteiger partial charge in [-0.2, -0.15) is 0 Å². The van der Waals surface area contributed by atoms with E-state index in [9.17, 15) is 0 Å². The van der Waals surface area contributed by atoms with Gasteiger partial charge in [-0.3, -0.25) is 0 Å². The quantitative estimate of drug-likeness (QED) is 0.674. The van der Waals surface area contributed by atoms with Gasteiger partial charge in [0.05, 0.1) is 0 Å². The van der Waals surface area contributed by atoms with Crippen LogP contribution in [0.4, 0.5) is 0 Å². The molecule has 1 N–H and O–H groups in total. The van der Waals surface area contributed by atoms with E-state index in [0.29, 0.717) is 5.75 Å². The summed E-state index contributed by atoms with van der Waals surface area (Å²) in [4.78, 5) is 0. The molecule has 1 aromatic carbocycles. The van der Waals surface area contributed by atoms with Gasteiger partial charge in [-0.25, -0.2) is 0 Å². The molecule has 0 aliphatic heterocycles. The molecule has 0 spiro atoms. The first-order valence-electron chi connectivity index (χ1n) is 3.89. The molecule has 1 heteroatoms. The van der Waals surface area contributed by atoms with E-state index in [1.54, 1.807) is 12.1 Å². The zero-order valence-corrected chi connectivity index (χ0v) is 6.90. The summed E-state index contributed by atoms with van der Waals surface area (Å²) in [5.74, 6) is 0.302. The number of rotatable bonds is 3. The van der Waals surface area contributed by atoms with E-state index < -0.39 is 0 Å². The van der Waals surface area contributed by atoms with Crippen molar-refractivity contribution in [3.63, 3.8) is 0 Å². The van der Waals surface area contributed by atoms with Gasteiger partial charge in [-0.1, -0.05) is 30.4 Å². The molecule has 1 nitrogen and oxygen atoms in total. The van der Waals surface area contributed by atoms with Gasteiger partial charge in [0.1, 0.15) is 5.75 Å². The van der Waals surface area contributed by atoms with Crippen molar-refractivity contribution in [1.29, 1.82) is 0 Å². The van der Waals surface area contributed by atoms with Crippen LogP contribution < -0.4 is 0 Å². The molecule has 12 heavy (non-hydrogen) atoms. The van der Waals surface area contributed by atoms with E-state index in [1.807, 2.05) is 30.4 Å². The minimum atomic E-state index is 0.302. The van der Waals surface area contributed by atoms with E-state index >= 15 is 0 Å². The summed E-state index contributed by atoms with van der Waals surface area (Å²) in [6.07, 6.45) is 6.75. The van der Waals surface area contributed by atoms with E-state index in [1.165, 1.54) is 0 Å². The van der Waals surface area contributed by atoms with Crippen LogP contribution in [-0.4, -0.2) is 5.11 Å². The molecule has 1 rings (SSSR count). The number of phenolic OH excluding ortho intramolecular Hbond substituents is 1. The Morgan fingerprint density at radius 2 is 1.92 bits per heavy atom. The third-order valence-electron chi connectivity index (χ3n) is 1.51. The van der Waals surface area contributed by atoms with Crippen molar-refractivity contribution in [2.75, 3.05) is 0 Å². The van der Waals surface area contributed by atoms with Crippen molar-refractivity contribution < 1.29 is 5.11 Å². The minimum Gasteiger partial charge on any atom is -0.508 e. The normalized spacial score (nSPS) is 10.3. The van der Waals surface area contributed by atoms with Gasteiger partial charge >= 0.3 is 0 Å². The molecule has 0 heterocycles. The van der Waals surface area contributed by atoms with Crippen molar-refractivity contribution in [1.82, 2.24) is 0 Å². The standard InChI is InChI=1S/C11H12O/c1-2-3-4-5-10-6-8-11(12)9-7-10/h2,4-9,12H,1,3H2. The number of hydrogen-bond donors (Lipinski definition) is 1. The summed E-state index contributed by atoms with van der Waals surface area (Å²) in [5, 5.41) is 8.99. The molecule has 0 bridgehead atoms. The summed E-state index contributed by atoms with van der Waals surface area (Å²) in [6, 6.07) is 7.09. The fourth-order valence-electron chi connectivity index (χ4n) is 0.886. The SMILES string of the molecule is C=CCC=Cc1ccc(O)cc1. The van der Waals surface area contributed by atoms with Crippen LogP contribution in [0.15, 0.2) is 43.0 Å². The monoisotopic (exact) mass is 160 g/mol. The Kier molecular flexibility index (Phi) is 3.15. The third kappa shape index (κ3) is 2.62. The maximum absolute atomic E-state index is 8.99. The van der Waals surface area contributed by atoms with Crippen molar-refractivity contribution in [3.05, 3.63) is 48.6 Å². The highest BCUT2D eigenvalue weighted by Gasteiger charge is 1.86. The van der Waals surface area contributed by atoms with Crippen molar-refractivity contribution in [2.45, 2.75) is 6.42 Å². The van der Waals surface area contributed by atoms with Gasteiger partial charge in [-0.15, -0.1) is 6.58 Å². The summed E-state index contributed by atoms with van der Waals surface area (Å²) >= 11 is 0. The predicted octanol–water partition coefficient (Wildman–Crippen LogP) is 2.98. The number of hydrogen-bond acceptors (Lipinski definition) is 1. The highest BCUT2D eigenvalue weighted by atomic mass is 16.3. The predicted molar refractivity (Wildman–Crippen MR) is 52.0 cm³/mol. The van der Waals surface area contributed by atoms with Crippen molar-refractivity contribution in [2.24, 2.45) is 0 Å². The van der Waals surface area contributed by atoms with E-state index in [4.69, 9.17) is 5.11 Å². The summed E-state index contributed by atoms with van der Waals surface area (Å²) in [7, 11) is 0. The molecular formula is C11H12O. The first-order chi connectivity index (χ1) is 5.83. The number of aromatic hydroxyl groups is 1. The van der Waals surface area contributed by atoms with E-state index in [2.05, 4.69) is 6.58 Å². The van der Waals surface area contributed by atoms with Crippen LogP contribution in [-0.2, 0) is 0 Å². The minimum absolute atomic E-state index is 0.302. The van der Waals surface area contributed by atoms with Gasteiger partial charge < -0.3 is 5.11 Å². The molecule has 0 saturated carbocycles. The van der Waals surface area contributed by atoms with E-state index in [0.717, 1.165) is 12.0 Å². The number of phenols is 1. The lowest BCUT2D eigenvalue weighted by molar-refractivity contribution is 0.475. The summed E-state index contributed by atoms with van der Waals surface area (Å²) in [5.41, 5.74) is 1.09. The second kappa shape index (κ2) is 4.39. The van der Waals surface area contributed by atoms with Crippen LogP contribution >= 0.6 is 0 Å². The van der Waals surface area contributed by atoms with Gasteiger partial charge in [-0.05, 0) is 24.1 Å². The average Bonchev–Trinajstić information content (AvgIpc) is 2.09. The molecule has 0 fully saturated rings. The van der Waals surface area contributed by atoms with Crippen molar-refractivity contribution >= 4 is 6.08 Å². The Balaban J connectivity index is 2.64. The van der Waals surface area contributed by atoms with Crippen molar-refractivity contribution in [3.8, 4) is 5.75 Å². The Labute approximate surface area is 72.7 Å². The lowest BCUT2D eigenvalue weighted by Gasteiger charge is -1.92. The van der Waals surface area contributed by atoms with Gasteiger partial charge in [0.2, 0.25) is 0 Å². The molecule has 0 aromatic heterocycles. The van der Waals surface area contributed by atoms with Crippen LogP contribution in [0.2, 0.25) is 0 Å².